The third kappa shape index (κ3) is 5.14. The summed E-state index contributed by atoms with van der Waals surface area (Å²) in [5.74, 6) is 1.74. The molecule has 0 saturated heterocycles. The maximum Gasteiger partial charge on any atom is 0.167 e. The van der Waals surface area contributed by atoms with E-state index in [1.807, 2.05) is 18.2 Å². The molecule has 3 heterocycles. The summed E-state index contributed by atoms with van der Waals surface area (Å²) in [6, 6.07) is 68.0. The number of hydrogen-bond donors (Lipinski definition) is 0. The lowest BCUT2D eigenvalue weighted by molar-refractivity contribution is 0.669. The minimum atomic E-state index is 0.545. The van der Waals surface area contributed by atoms with Crippen LogP contribution in [-0.4, -0.2) is 19.5 Å². The first-order valence-corrected chi connectivity index (χ1v) is 19.5. The Morgan fingerprint density at radius 1 is 0.362 bits per heavy atom. The fourth-order valence-electron chi connectivity index (χ4n) is 8.61. The predicted octanol–water partition coefficient (Wildman–Crippen LogP) is 13.8. The molecule has 3 aromatic heterocycles. The summed E-state index contributed by atoms with van der Waals surface area (Å²) in [4.78, 5) is 15.6. The van der Waals surface area contributed by atoms with Crippen molar-refractivity contribution >= 4 is 65.3 Å². The molecule has 0 bridgehead atoms. The van der Waals surface area contributed by atoms with Crippen LogP contribution in [0.25, 0.3) is 116 Å². The highest BCUT2D eigenvalue weighted by Gasteiger charge is 2.23. The average molecular weight is 741 g/mol. The van der Waals surface area contributed by atoms with Gasteiger partial charge in [-0.2, -0.15) is 0 Å². The van der Waals surface area contributed by atoms with E-state index in [9.17, 15) is 0 Å². The number of aromatic nitrogens is 4. The van der Waals surface area contributed by atoms with Crippen LogP contribution in [0.3, 0.4) is 0 Å². The van der Waals surface area contributed by atoms with E-state index in [0.29, 0.717) is 17.5 Å². The first kappa shape index (κ1) is 32.4. The molecule has 0 spiro atoms. The molecule has 5 nitrogen and oxygen atoms in total. The van der Waals surface area contributed by atoms with Gasteiger partial charge in [-0.1, -0.05) is 152 Å². The number of furan rings is 1. The molecular weight excluding hydrogens is 709 g/mol. The number of para-hydroxylation sites is 2. The van der Waals surface area contributed by atoms with Crippen molar-refractivity contribution < 1.29 is 4.42 Å². The number of fused-ring (bicyclic) bond motifs is 8. The van der Waals surface area contributed by atoms with E-state index < -0.39 is 0 Å². The summed E-state index contributed by atoms with van der Waals surface area (Å²) < 4.78 is 9.26. The molecular formula is C53H32N4O. The van der Waals surface area contributed by atoms with Crippen LogP contribution in [0, 0.1) is 0 Å². The summed E-state index contributed by atoms with van der Waals surface area (Å²) in [7, 11) is 0. The largest absolute Gasteiger partial charge is 0.455 e. The van der Waals surface area contributed by atoms with Gasteiger partial charge in [-0.15, -0.1) is 0 Å². The number of hydrogen-bond acceptors (Lipinski definition) is 4. The summed E-state index contributed by atoms with van der Waals surface area (Å²) in [6.45, 7) is 0. The second-order valence-corrected chi connectivity index (χ2v) is 14.8. The molecule has 0 radical (unpaired) electrons. The van der Waals surface area contributed by atoms with Gasteiger partial charge < -0.3 is 8.98 Å². The zero-order valence-corrected chi connectivity index (χ0v) is 31.2. The highest BCUT2D eigenvalue weighted by Crippen LogP contribution is 2.43. The van der Waals surface area contributed by atoms with Crippen LogP contribution < -0.4 is 0 Å². The second kappa shape index (κ2) is 12.8. The maximum absolute atomic E-state index is 6.87. The molecule has 0 saturated carbocycles. The Morgan fingerprint density at radius 2 is 0.948 bits per heavy atom. The highest BCUT2D eigenvalue weighted by atomic mass is 16.3. The lowest BCUT2D eigenvalue weighted by atomic mass is 10.0. The van der Waals surface area contributed by atoms with Gasteiger partial charge in [-0.25, -0.2) is 15.0 Å². The van der Waals surface area contributed by atoms with Crippen LogP contribution in [0.1, 0.15) is 0 Å². The van der Waals surface area contributed by atoms with Crippen molar-refractivity contribution in [1.29, 1.82) is 0 Å². The smallest absolute Gasteiger partial charge is 0.167 e. The minimum absolute atomic E-state index is 0.545. The Labute approximate surface area is 333 Å². The lowest BCUT2D eigenvalue weighted by Gasteiger charge is -2.13. The molecule has 5 heteroatoms. The van der Waals surface area contributed by atoms with Gasteiger partial charge in [-0.05, 0) is 75.1 Å². The molecule has 0 aliphatic heterocycles. The van der Waals surface area contributed by atoms with Crippen molar-refractivity contribution in [2.45, 2.75) is 0 Å². The maximum atomic E-state index is 6.87. The molecule has 0 amide bonds. The minimum Gasteiger partial charge on any atom is -0.455 e. The summed E-state index contributed by atoms with van der Waals surface area (Å²) in [5.41, 5.74) is 9.74. The first-order chi connectivity index (χ1) is 28.7. The Bertz CT molecular complexity index is 3560. The van der Waals surface area contributed by atoms with Gasteiger partial charge in [0, 0.05) is 27.3 Å². The van der Waals surface area contributed by atoms with Crippen LogP contribution in [0.4, 0.5) is 0 Å². The van der Waals surface area contributed by atoms with Crippen LogP contribution in [0.5, 0.6) is 0 Å². The standard InChI is InChI=1S/C53H32N4O/c1-2-12-33(13-3-1)35-22-25-36(26-23-35)51-54-52(40-27-24-34-14-4-5-15-37(34)30-40)56-53(55-51)43-28-29-46(49-42-19-9-11-21-48(42)58-50(43)49)57-45-20-10-8-18-41(45)44-31-38-16-6-7-17-39(38)32-47(44)57/h1-32H. The van der Waals surface area contributed by atoms with Gasteiger partial charge in [0.2, 0.25) is 0 Å². The second-order valence-electron chi connectivity index (χ2n) is 14.8. The summed E-state index contributed by atoms with van der Waals surface area (Å²) in [6.07, 6.45) is 0. The molecule has 0 N–H and O–H groups in total. The lowest BCUT2D eigenvalue weighted by Crippen LogP contribution is -2.01. The zero-order chi connectivity index (χ0) is 38.2. The van der Waals surface area contributed by atoms with E-state index in [-0.39, 0.29) is 0 Å². The number of rotatable bonds is 5. The van der Waals surface area contributed by atoms with E-state index >= 15 is 0 Å². The van der Waals surface area contributed by atoms with Gasteiger partial charge in [0.25, 0.3) is 0 Å². The predicted molar refractivity (Wildman–Crippen MR) is 238 cm³/mol. The van der Waals surface area contributed by atoms with Crippen molar-refractivity contribution in [2.75, 3.05) is 0 Å². The Balaban J connectivity index is 1.11. The molecule has 0 unspecified atom stereocenters. The third-order valence-corrected chi connectivity index (χ3v) is 11.4. The van der Waals surface area contributed by atoms with E-state index in [2.05, 4.69) is 180 Å². The average Bonchev–Trinajstić information content (AvgIpc) is 3.84. The van der Waals surface area contributed by atoms with E-state index in [1.165, 1.54) is 21.5 Å². The zero-order valence-electron chi connectivity index (χ0n) is 31.2. The van der Waals surface area contributed by atoms with Crippen molar-refractivity contribution in [3.63, 3.8) is 0 Å². The summed E-state index contributed by atoms with van der Waals surface area (Å²) in [5, 5.41) is 9.14. The monoisotopic (exact) mass is 740 g/mol. The van der Waals surface area contributed by atoms with E-state index in [4.69, 9.17) is 19.4 Å². The molecule has 12 aromatic rings. The van der Waals surface area contributed by atoms with Crippen molar-refractivity contribution in [2.24, 2.45) is 0 Å². The number of benzene rings is 9. The SMILES string of the molecule is c1ccc(-c2ccc(-c3nc(-c4ccc5ccccc5c4)nc(-c4ccc(-n5c6ccccc6c6cc7ccccc7cc65)c5c4oc4ccccc45)n3)cc2)cc1. The first-order valence-electron chi connectivity index (χ1n) is 19.5. The van der Waals surface area contributed by atoms with Gasteiger partial charge in [0.1, 0.15) is 11.2 Å². The molecule has 58 heavy (non-hydrogen) atoms. The molecule has 0 fully saturated rings. The Hall–Kier alpha value is -7.89. The quantitative estimate of drug-likeness (QED) is 0.176. The molecule has 270 valence electrons. The normalized spacial score (nSPS) is 11.8. The van der Waals surface area contributed by atoms with Gasteiger partial charge in [0.05, 0.1) is 27.7 Å². The van der Waals surface area contributed by atoms with Crippen molar-refractivity contribution in [3.8, 4) is 51.0 Å². The van der Waals surface area contributed by atoms with E-state index in [0.717, 1.165) is 77.2 Å². The fourth-order valence-corrected chi connectivity index (χ4v) is 8.61. The molecule has 0 aliphatic rings. The molecule has 0 aliphatic carbocycles. The molecule has 9 aromatic carbocycles. The molecule has 12 rings (SSSR count). The van der Waals surface area contributed by atoms with Gasteiger partial charge >= 0.3 is 0 Å². The number of nitrogens with zero attached hydrogens (tertiary/aromatic N) is 4. The van der Waals surface area contributed by atoms with Crippen LogP contribution in [0.15, 0.2) is 199 Å². The highest BCUT2D eigenvalue weighted by molar-refractivity contribution is 6.18. The van der Waals surface area contributed by atoms with Crippen LogP contribution in [-0.2, 0) is 0 Å². The van der Waals surface area contributed by atoms with Crippen LogP contribution in [0.2, 0.25) is 0 Å². The van der Waals surface area contributed by atoms with Crippen LogP contribution >= 0.6 is 0 Å². The topological polar surface area (TPSA) is 56.7 Å². The van der Waals surface area contributed by atoms with Gasteiger partial charge in [-0.3, -0.25) is 0 Å². The third-order valence-electron chi connectivity index (χ3n) is 11.4. The van der Waals surface area contributed by atoms with Crippen molar-refractivity contribution in [3.05, 3.63) is 194 Å². The fraction of sp³-hybridized carbons (Fsp3) is 0. The van der Waals surface area contributed by atoms with Crippen molar-refractivity contribution in [1.82, 2.24) is 19.5 Å². The summed E-state index contributed by atoms with van der Waals surface area (Å²) >= 11 is 0. The van der Waals surface area contributed by atoms with E-state index in [1.54, 1.807) is 0 Å². The Morgan fingerprint density at radius 3 is 1.76 bits per heavy atom. The van der Waals surface area contributed by atoms with Gasteiger partial charge in [0.15, 0.2) is 17.5 Å². The molecule has 0 atom stereocenters. The Kier molecular flexibility index (Phi) is 7.16.